The minimum Gasteiger partial charge on any atom is -0.353 e. The number of nitrogens with zero attached hydrogens (tertiary/aromatic N) is 2. The zero-order valence-electron chi connectivity index (χ0n) is 13.9. The molecule has 1 fully saturated rings. The number of carbonyl (C=O) groups is 1. The van der Waals surface area contributed by atoms with E-state index in [4.69, 9.17) is 0 Å². The quantitative estimate of drug-likeness (QED) is 0.464. The van der Waals surface area contributed by atoms with Crippen LogP contribution in [0, 0.1) is 0 Å². The molecule has 0 saturated carbocycles. The Kier molecular flexibility index (Phi) is 3.47. The molecule has 0 bridgehead atoms. The molecule has 3 nitrogen and oxygen atoms in total. The molecule has 1 saturated heterocycles. The molecule has 1 aromatic carbocycles. The maximum absolute atomic E-state index is 13.2. The highest BCUT2D eigenvalue weighted by Gasteiger charge is 2.32. The Morgan fingerprint density at radius 3 is 2.84 bits per heavy atom. The lowest BCUT2D eigenvalue weighted by molar-refractivity contribution is 0.0736. The molecule has 0 radical (unpaired) electrons. The average Bonchev–Trinajstić information content (AvgIpc) is 3.36. The topological polar surface area (TPSA) is 25.2 Å². The molecule has 5 rings (SSSR count). The van der Waals surface area contributed by atoms with Crippen molar-refractivity contribution in [1.29, 1.82) is 0 Å². The fourth-order valence-electron chi connectivity index (χ4n) is 3.88. The maximum atomic E-state index is 13.2. The van der Waals surface area contributed by atoms with E-state index < -0.39 is 0 Å². The van der Waals surface area contributed by atoms with Gasteiger partial charge in [-0.1, -0.05) is 18.2 Å². The van der Waals surface area contributed by atoms with E-state index >= 15 is 0 Å². The molecule has 126 valence electrons. The molecule has 0 spiro atoms. The van der Waals surface area contributed by atoms with Crippen LogP contribution in [-0.2, 0) is 7.05 Å². The minimum absolute atomic E-state index is 0.182. The third-order valence-corrected chi connectivity index (χ3v) is 7.50. The van der Waals surface area contributed by atoms with Crippen molar-refractivity contribution in [3.63, 3.8) is 0 Å². The molecule has 0 aliphatic carbocycles. The number of amides is 1. The molecule has 25 heavy (non-hydrogen) atoms. The molecule has 5 heteroatoms. The van der Waals surface area contributed by atoms with Gasteiger partial charge in [-0.3, -0.25) is 4.79 Å². The van der Waals surface area contributed by atoms with Crippen LogP contribution in [0.25, 0.3) is 19.5 Å². The SMILES string of the molecule is Cn1cccc1C1CCCN1C(=O)c1cc2sc3ccccc3c2s1. The van der Waals surface area contributed by atoms with Gasteiger partial charge in [-0.05, 0) is 37.1 Å². The molecule has 1 amide bonds. The van der Waals surface area contributed by atoms with E-state index in [9.17, 15) is 4.79 Å². The average molecular weight is 367 g/mol. The van der Waals surface area contributed by atoms with Crippen LogP contribution < -0.4 is 0 Å². The summed E-state index contributed by atoms with van der Waals surface area (Å²) < 4.78 is 5.91. The van der Waals surface area contributed by atoms with E-state index in [0.29, 0.717) is 0 Å². The van der Waals surface area contributed by atoms with Gasteiger partial charge in [0, 0.05) is 40.3 Å². The van der Waals surface area contributed by atoms with Crippen molar-refractivity contribution >= 4 is 48.1 Å². The number of hydrogen-bond donors (Lipinski definition) is 0. The van der Waals surface area contributed by atoms with Crippen LogP contribution in [0.5, 0.6) is 0 Å². The van der Waals surface area contributed by atoms with Crippen LogP contribution >= 0.6 is 22.7 Å². The summed E-state index contributed by atoms with van der Waals surface area (Å²) in [6, 6.07) is 14.9. The van der Waals surface area contributed by atoms with E-state index in [2.05, 4.69) is 65.2 Å². The van der Waals surface area contributed by atoms with E-state index in [1.165, 1.54) is 25.2 Å². The Balaban J connectivity index is 1.53. The molecule has 1 aliphatic heterocycles. The normalized spacial score (nSPS) is 17.8. The summed E-state index contributed by atoms with van der Waals surface area (Å²) in [5, 5.41) is 1.27. The largest absolute Gasteiger partial charge is 0.353 e. The molecule has 1 atom stereocenters. The van der Waals surface area contributed by atoms with Crippen LogP contribution in [0.2, 0.25) is 0 Å². The number of likely N-dealkylation sites (tertiary alicyclic amines) is 1. The minimum atomic E-state index is 0.182. The third kappa shape index (κ3) is 2.34. The number of benzene rings is 1. The van der Waals surface area contributed by atoms with Crippen LogP contribution in [0.3, 0.4) is 0 Å². The summed E-state index contributed by atoms with van der Waals surface area (Å²) in [6.07, 6.45) is 4.18. The van der Waals surface area contributed by atoms with Gasteiger partial charge in [0.1, 0.15) is 0 Å². The number of aryl methyl sites for hydroxylation is 1. The van der Waals surface area contributed by atoms with Crippen molar-refractivity contribution in [2.75, 3.05) is 6.54 Å². The Bertz CT molecular complexity index is 1090. The highest BCUT2D eigenvalue weighted by Crippen LogP contribution is 2.41. The van der Waals surface area contributed by atoms with Crippen LogP contribution in [0.1, 0.15) is 34.2 Å². The predicted molar refractivity (Wildman–Crippen MR) is 106 cm³/mol. The number of rotatable bonds is 2. The highest BCUT2D eigenvalue weighted by molar-refractivity contribution is 7.33. The first-order chi connectivity index (χ1) is 12.2. The standard InChI is InChI=1S/C20H18N2OS2/c1-21-10-4-7-14(21)15-8-5-11-22(15)20(23)18-12-17-19(25-18)13-6-2-3-9-16(13)24-17/h2-4,6-7,9-10,12,15H,5,8,11H2,1H3. The molecular formula is C20H18N2OS2. The Hall–Kier alpha value is -2.11. The lowest BCUT2D eigenvalue weighted by Crippen LogP contribution is -2.30. The fourth-order valence-corrected chi connectivity index (χ4v) is 6.37. The van der Waals surface area contributed by atoms with Gasteiger partial charge in [-0.2, -0.15) is 0 Å². The van der Waals surface area contributed by atoms with E-state index in [-0.39, 0.29) is 11.9 Å². The van der Waals surface area contributed by atoms with Gasteiger partial charge in [0.2, 0.25) is 0 Å². The van der Waals surface area contributed by atoms with Crippen LogP contribution in [-0.4, -0.2) is 21.9 Å². The van der Waals surface area contributed by atoms with Gasteiger partial charge in [0.05, 0.1) is 15.6 Å². The third-order valence-electron chi connectivity index (χ3n) is 5.10. The second kappa shape index (κ2) is 5.71. The highest BCUT2D eigenvalue weighted by atomic mass is 32.1. The van der Waals surface area contributed by atoms with Gasteiger partial charge in [0.15, 0.2) is 0 Å². The number of thiophene rings is 2. The monoisotopic (exact) mass is 366 g/mol. The molecule has 1 unspecified atom stereocenters. The van der Waals surface area contributed by atoms with Crippen molar-refractivity contribution < 1.29 is 4.79 Å². The van der Waals surface area contributed by atoms with Gasteiger partial charge >= 0.3 is 0 Å². The Morgan fingerprint density at radius 2 is 2.00 bits per heavy atom. The van der Waals surface area contributed by atoms with Gasteiger partial charge in [0.25, 0.3) is 5.91 Å². The summed E-state index contributed by atoms with van der Waals surface area (Å²) in [5.41, 5.74) is 1.23. The van der Waals surface area contributed by atoms with Crippen molar-refractivity contribution in [2.45, 2.75) is 18.9 Å². The zero-order valence-corrected chi connectivity index (χ0v) is 15.6. The first-order valence-electron chi connectivity index (χ1n) is 8.55. The smallest absolute Gasteiger partial charge is 0.264 e. The fraction of sp³-hybridized carbons (Fsp3) is 0.250. The molecule has 0 N–H and O–H groups in total. The number of fused-ring (bicyclic) bond motifs is 3. The molecule has 4 heterocycles. The number of hydrogen-bond acceptors (Lipinski definition) is 3. The predicted octanol–water partition coefficient (Wildman–Crippen LogP) is 5.43. The number of aromatic nitrogens is 1. The molecular weight excluding hydrogens is 348 g/mol. The van der Waals surface area contributed by atoms with Crippen molar-refractivity contribution in [3.05, 3.63) is 59.2 Å². The van der Waals surface area contributed by atoms with Crippen molar-refractivity contribution in [3.8, 4) is 0 Å². The molecule has 1 aliphatic rings. The van der Waals surface area contributed by atoms with Crippen LogP contribution in [0.15, 0.2) is 48.7 Å². The number of carbonyl (C=O) groups excluding carboxylic acids is 1. The van der Waals surface area contributed by atoms with Crippen molar-refractivity contribution in [1.82, 2.24) is 9.47 Å². The summed E-state index contributed by atoms with van der Waals surface area (Å²) in [6.45, 7) is 0.848. The first-order valence-corrected chi connectivity index (χ1v) is 10.2. The van der Waals surface area contributed by atoms with E-state index in [1.54, 1.807) is 22.7 Å². The first kappa shape index (κ1) is 15.2. The summed E-state index contributed by atoms with van der Waals surface area (Å²) >= 11 is 3.42. The van der Waals surface area contributed by atoms with Gasteiger partial charge in [-0.15, -0.1) is 22.7 Å². The van der Waals surface area contributed by atoms with E-state index in [1.807, 2.05) is 0 Å². The second-order valence-corrected chi connectivity index (χ2v) is 8.74. The van der Waals surface area contributed by atoms with Gasteiger partial charge < -0.3 is 9.47 Å². The maximum Gasteiger partial charge on any atom is 0.264 e. The lowest BCUT2D eigenvalue weighted by atomic mass is 10.1. The lowest BCUT2D eigenvalue weighted by Gasteiger charge is -2.24. The van der Waals surface area contributed by atoms with Crippen molar-refractivity contribution in [2.24, 2.45) is 7.05 Å². The summed E-state index contributed by atoms with van der Waals surface area (Å²) in [4.78, 5) is 16.1. The summed E-state index contributed by atoms with van der Waals surface area (Å²) in [7, 11) is 2.06. The van der Waals surface area contributed by atoms with E-state index in [0.717, 1.165) is 24.3 Å². The summed E-state index contributed by atoms with van der Waals surface area (Å²) in [5.74, 6) is 0.182. The Labute approximate surface area is 154 Å². The molecule has 4 aromatic rings. The Morgan fingerprint density at radius 1 is 1.12 bits per heavy atom. The van der Waals surface area contributed by atoms with Gasteiger partial charge in [-0.25, -0.2) is 0 Å². The zero-order chi connectivity index (χ0) is 17.0. The second-order valence-electron chi connectivity index (χ2n) is 6.60. The van der Waals surface area contributed by atoms with Crippen LogP contribution in [0.4, 0.5) is 0 Å². The molecule has 3 aromatic heterocycles.